The smallest absolute Gasteiger partial charge is 0.132 e. The molecule has 0 aliphatic rings. The first-order valence-electron chi connectivity index (χ1n) is 5.52. The number of rotatable bonds is 5. The third-order valence-corrected chi connectivity index (χ3v) is 2.69. The fourth-order valence-corrected chi connectivity index (χ4v) is 1.75. The number of hydrogen-bond acceptors (Lipinski definition) is 4. The van der Waals surface area contributed by atoms with E-state index in [0.717, 1.165) is 0 Å². The topological polar surface area (TPSA) is 68.9 Å². The van der Waals surface area contributed by atoms with E-state index in [2.05, 4.69) is 24.1 Å². The molecular weight excluding hydrogens is 238 g/mol. The van der Waals surface area contributed by atoms with Crippen molar-refractivity contribution in [1.82, 2.24) is 4.98 Å². The fraction of sp³-hybridized carbons (Fsp3) is 0.500. The zero-order valence-electron chi connectivity index (χ0n) is 9.94. The lowest BCUT2D eigenvalue weighted by Crippen LogP contribution is -2.27. The van der Waals surface area contributed by atoms with Crippen molar-refractivity contribution >= 4 is 17.4 Å². The number of halogens is 1. The predicted molar refractivity (Wildman–Crippen MR) is 67.9 cm³/mol. The van der Waals surface area contributed by atoms with Gasteiger partial charge in [0, 0.05) is 12.6 Å². The molecule has 1 aromatic heterocycles. The Morgan fingerprint density at radius 2 is 2.24 bits per heavy atom. The van der Waals surface area contributed by atoms with Crippen LogP contribution in [0, 0.1) is 17.2 Å². The van der Waals surface area contributed by atoms with Gasteiger partial charge in [0.1, 0.15) is 11.0 Å². The molecule has 0 aliphatic carbocycles. The van der Waals surface area contributed by atoms with Gasteiger partial charge >= 0.3 is 0 Å². The van der Waals surface area contributed by atoms with Gasteiger partial charge in [-0.1, -0.05) is 25.4 Å². The Labute approximate surface area is 106 Å². The van der Waals surface area contributed by atoms with E-state index < -0.39 is 0 Å². The minimum Gasteiger partial charge on any atom is -0.396 e. The van der Waals surface area contributed by atoms with Gasteiger partial charge in [-0.05, 0) is 24.5 Å². The van der Waals surface area contributed by atoms with Crippen molar-refractivity contribution in [2.24, 2.45) is 5.92 Å². The highest BCUT2D eigenvalue weighted by Crippen LogP contribution is 2.17. The lowest BCUT2D eigenvalue weighted by atomic mass is 10.0. The van der Waals surface area contributed by atoms with Crippen LogP contribution in [0.1, 0.15) is 25.8 Å². The van der Waals surface area contributed by atoms with Crippen LogP contribution in [0.5, 0.6) is 0 Å². The molecule has 17 heavy (non-hydrogen) atoms. The number of nitriles is 1. The SMILES string of the molecule is CC(C)C(CCO)Nc1cc(C#N)cc(Cl)n1. The second-order valence-electron chi connectivity index (χ2n) is 4.18. The summed E-state index contributed by atoms with van der Waals surface area (Å²) in [6.07, 6.45) is 0.633. The molecule has 0 aromatic carbocycles. The Bertz CT molecular complexity index is 415. The minimum absolute atomic E-state index is 0.109. The van der Waals surface area contributed by atoms with Gasteiger partial charge in [-0.2, -0.15) is 5.26 Å². The molecule has 0 spiro atoms. The summed E-state index contributed by atoms with van der Waals surface area (Å²) in [4.78, 5) is 4.11. The van der Waals surface area contributed by atoms with E-state index in [9.17, 15) is 0 Å². The average molecular weight is 254 g/mol. The van der Waals surface area contributed by atoms with E-state index in [4.69, 9.17) is 22.0 Å². The molecule has 1 rings (SSSR count). The molecule has 2 N–H and O–H groups in total. The number of pyridine rings is 1. The van der Waals surface area contributed by atoms with Gasteiger partial charge in [0.25, 0.3) is 0 Å². The second kappa shape index (κ2) is 6.43. The van der Waals surface area contributed by atoms with Crippen LogP contribution >= 0.6 is 11.6 Å². The largest absolute Gasteiger partial charge is 0.396 e. The van der Waals surface area contributed by atoms with E-state index in [1.807, 2.05) is 6.07 Å². The van der Waals surface area contributed by atoms with E-state index in [1.54, 1.807) is 6.07 Å². The van der Waals surface area contributed by atoms with Crippen molar-refractivity contribution in [3.05, 3.63) is 22.8 Å². The highest BCUT2D eigenvalue weighted by molar-refractivity contribution is 6.29. The maximum absolute atomic E-state index is 8.98. The molecule has 92 valence electrons. The molecular formula is C12H16ClN3O. The van der Waals surface area contributed by atoms with Crippen molar-refractivity contribution in [1.29, 1.82) is 5.26 Å². The van der Waals surface area contributed by atoms with Gasteiger partial charge in [-0.3, -0.25) is 0 Å². The van der Waals surface area contributed by atoms with E-state index in [1.165, 1.54) is 6.07 Å². The third-order valence-electron chi connectivity index (χ3n) is 2.50. The van der Waals surface area contributed by atoms with Crippen molar-refractivity contribution in [2.75, 3.05) is 11.9 Å². The summed E-state index contributed by atoms with van der Waals surface area (Å²) in [5, 5.41) is 21.3. The first kappa shape index (κ1) is 13.8. The molecule has 1 heterocycles. The van der Waals surface area contributed by atoms with Crippen molar-refractivity contribution in [3.63, 3.8) is 0 Å². The molecule has 1 unspecified atom stereocenters. The van der Waals surface area contributed by atoms with Crippen LogP contribution in [0.25, 0.3) is 0 Å². The van der Waals surface area contributed by atoms with Gasteiger partial charge in [0.2, 0.25) is 0 Å². The highest BCUT2D eigenvalue weighted by Gasteiger charge is 2.13. The molecule has 0 amide bonds. The number of nitrogens with zero attached hydrogens (tertiary/aromatic N) is 2. The summed E-state index contributed by atoms with van der Waals surface area (Å²) in [7, 11) is 0. The average Bonchev–Trinajstić information content (AvgIpc) is 2.27. The Morgan fingerprint density at radius 1 is 1.53 bits per heavy atom. The van der Waals surface area contributed by atoms with Gasteiger partial charge in [-0.25, -0.2) is 4.98 Å². The van der Waals surface area contributed by atoms with Gasteiger partial charge in [0.15, 0.2) is 0 Å². The maximum atomic E-state index is 8.98. The van der Waals surface area contributed by atoms with Gasteiger partial charge in [0.05, 0.1) is 11.6 Å². The standard InChI is InChI=1S/C12H16ClN3O/c1-8(2)10(3-4-17)15-12-6-9(7-14)5-11(13)16-12/h5-6,8,10,17H,3-4H2,1-2H3,(H,15,16). The summed E-state index contributed by atoms with van der Waals surface area (Å²) in [6, 6.07) is 5.31. The van der Waals surface area contributed by atoms with Gasteiger partial charge < -0.3 is 10.4 Å². The summed E-state index contributed by atoms with van der Waals surface area (Å²) >= 11 is 5.82. The number of aliphatic hydroxyl groups excluding tert-OH is 1. The lowest BCUT2D eigenvalue weighted by molar-refractivity contribution is 0.267. The van der Waals surface area contributed by atoms with Crippen molar-refractivity contribution in [3.8, 4) is 6.07 Å². The quantitative estimate of drug-likeness (QED) is 0.791. The number of aromatic nitrogens is 1. The Balaban J connectivity index is 2.85. The van der Waals surface area contributed by atoms with Crippen LogP contribution in [0.3, 0.4) is 0 Å². The number of aliphatic hydroxyl groups is 1. The first-order valence-corrected chi connectivity index (χ1v) is 5.89. The van der Waals surface area contributed by atoms with Crippen LogP contribution in [0.2, 0.25) is 5.15 Å². The second-order valence-corrected chi connectivity index (χ2v) is 4.57. The van der Waals surface area contributed by atoms with E-state index >= 15 is 0 Å². The van der Waals surface area contributed by atoms with Crippen molar-refractivity contribution in [2.45, 2.75) is 26.3 Å². The third kappa shape index (κ3) is 4.22. The molecule has 0 radical (unpaired) electrons. The van der Waals surface area contributed by atoms with Crippen molar-refractivity contribution < 1.29 is 5.11 Å². The Hall–Kier alpha value is -1.31. The predicted octanol–water partition coefficient (Wildman–Crippen LogP) is 2.43. The molecule has 0 bridgehead atoms. The van der Waals surface area contributed by atoms with Crippen LogP contribution in [-0.2, 0) is 0 Å². The minimum atomic E-state index is 0.109. The summed E-state index contributed by atoms with van der Waals surface area (Å²) < 4.78 is 0. The van der Waals surface area contributed by atoms with Gasteiger partial charge in [-0.15, -0.1) is 0 Å². The zero-order chi connectivity index (χ0) is 12.8. The summed E-state index contributed by atoms with van der Waals surface area (Å²) in [5.41, 5.74) is 0.471. The Morgan fingerprint density at radius 3 is 2.76 bits per heavy atom. The number of anilines is 1. The molecule has 0 saturated carbocycles. The van der Waals surface area contributed by atoms with E-state index in [0.29, 0.717) is 23.7 Å². The van der Waals surface area contributed by atoms with Crippen LogP contribution in [0.15, 0.2) is 12.1 Å². The fourth-order valence-electron chi connectivity index (χ4n) is 1.54. The molecule has 0 saturated heterocycles. The zero-order valence-corrected chi connectivity index (χ0v) is 10.7. The molecule has 5 heteroatoms. The molecule has 0 aliphatic heterocycles. The highest BCUT2D eigenvalue weighted by atomic mass is 35.5. The monoisotopic (exact) mass is 253 g/mol. The van der Waals surface area contributed by atoms with E-state index in [-0.39, 0.29) is 17.8 Å². The molecule has 4 nitrogen and oxygen atoms in total. The molecule has 1 aromatic rings. The maximum Gasteiger partial charge on any atom is 0.132 e. The summed E-state index contributed by atoms with van der Waals surface area (Å²) in [5.74, 6) is 0.926. The first-order chi connectivity index (χ1) is 8.06. The number of hydrogen-bond donors (Lipinski definition) is 2. The lowest BCUT2D eigenvalue weighted by Gasteiger charge is -2.22. The van der Waals surface area contributed by atoms with Crippen LogP contribution in [0.4, 0.5) is 5.82 Å². The Kier molecular flexibility index (Phi) is 5.20. The van der Waals surface area contributed by atoms with Crippen LogP contribution < -0.4 is 5.32 Å². The molecule has 1 atom stereocenters. The normalized spacial score (nSPS) is 12.2. The molecule has 0 fully saturated rings. The van der Waals surface area contributed by atoms with Crippen LogP contribution in [-0.4, -0.2) is 22.7 Å². The summed E-state index contributed by atoms with van der Waals surface area (Å²) in [6.45, 7) is 4.23. The number of nitrogens with one attached hydrogen (secondary N) is 1.